The second kappa shape index (κ2) is 4.11. The van der Waals surface area contributed by atoms with E-state index in [2.05, 4.69) is 12.1 Å². The van der Waals surface area contributed by atoms with Gasteiger partial charge in [-0.1, -0.05) is 30.3 Å². The number of carbonyl (C=O) groups is 1. The van der Waals surface area contributed by atoms with Crippen LogP contribution in [0.25, 0.3) is 0 Å². The SMILES string of the molecule is Cc1sccc1C(=O)C1CC1c1ccccc1. The molecule has 0 amide bonds. The Balaban J connectivity index is 1.78. The fraction of sp³-hybridized carbons (Fsp3) is 0.267. The molecule has 0 aliphatic heterocycles. The lowest BCUT2D eigenvalue weighted by Gasteiger charge is -2.00. The summed E-state index contributed by atoms with van der Waals surface area (Å²) in [6.07, 6.45) is 1.01. The summed E-state index contributed by atoms with van der Waals surface area (Å²) in [5.41, 5.74) is 2.23. The smallest absolute Gasteiger partial charge is 0.167 e. The average Bonchev–Trinajstić information content (AvgIpc) is 3.05. The summed E-state index contributed by atoms with van der Waals surface area (Å²) < 4.78 is 0. The molecule has 2 aromatic rings. The molecular weight excluding hydrogens is 228 g/mol. The third-order valence-corrected chi connectivity index (χ3v) is 4.32. The van der Waals surface area contributed by atoms with Crippen LogP contribution >= 0.6 is 11.3 Å². The van der Waals surface area contributed by atoms with Gasteiger partial charge in [0.05, 0.1) is 0 Å². The van der Waals surface area contributed by atoms with Gasteiger partial charge >= 0.3 is 0 Å². The van der Waals surface area contributed by atoms with E-state index in [4.69, 9.17) is 0 Å². The van der Waals surface area contributed by atoms with Gasteiger partial charge in [0.15, 0.2) is 5.78 Å². The van der Waals surface area contributed by atoms with Crippen molar-refractivity contribution in [2.24, 2.45) is 5.92 Å². The molecule has 2 unspecified atom stereocenters. The van der Waals surface area contributed by atoms with Crippen LogP contribution in [0.3, 0.4) is 0 Å². The van der Waals surface area contributed by atoms with Crippen molar-refractivity contribution in [1.29, 1.82) is 0 Å². The molecule has 1 aliphatic carbocycles. The molecule has 1 nitrogen and oxygen atoms in total. The van der Waals surface area contributed by atoms with Crippen molar-refractivity contribution in [3.63, 3.8) is 0 Å². The van der Waals surface area contributed by atoms with E-state index in [-0.39, 0.29) is 5.92 Å². The second-order valence-corrected chi connectivity index (χ2v) is 5.73. The molecular formula is C15H14OS. The zero-order valence-electron chi connectivity index (χ0n) is 9.72. The van der Waals surface area contributed by atoms with Gasteiger partial charge in [0.2, 0.25) is 0 Å². The topological polar surface area (TPSA) is 17.1 Å². The lowest BCUT2D eigenvalue weighted by Crippen LogP contribution is -2.03. The number of hydrogen-bond acceptors (Lipinski definition) is 2. The van der Waals surface area contributed by atoms with Crippen LogP contribution in [0.1, 0.15) is 33.1 Å². The molecule has 0 radical (unpaired) electrons. The Hall–Kier alpha value is -1.41. The summed E-state index contributed by atoms with van der Waals surface area (Å²) in [5.74, 6) is 0.992. The van der Waals surface area contributed by atoms with Gasteiger partial charge in [-0.3, -0.25) is 4.79 Å². The van der Waals surface area contributed by atoms with E-state index in [0.29, 0.717) is 11.7 Å². The fourth-order valence-corrected chi connectivity index (χ4v) is 3.10. The van der Waals surface area contributed by atoms with E-state index in [0.717, 1.165) is 16.9 Å². The summed E-state index contributed by atoms with van der Waals surface area (Å²) >= 11 is 1.65. The Labute approximate surface area is 105 Å². The molecule has 3 rings (SSSR count). The second-order valence-electron chi connectivity index (χ2n) is 4.61. The molecule has 2 atom stereocenters. The monoisotopic (exact) mass is 242 g/mol. The van der Waals surface area contributed by atoms with Crippen molar-refractivity contribution < 1.29 is 4.79 Å². The fourth-order valence-electron chi connectivity index (χ4n) is 2.39. The minimum atomic E-state index is 0.214. The molecule has 1 aliphatic rings. The molecule has 2 heteroatoms. The van der Waals surface area contributed by atoms with E-state index in [9.17, 15) is 4.79 Å². The zero-order valence-corrected chi connectivity index (χ0v) is 10.5. The molecule has 17 heavy (non-hydrogen) atoms. The number of carbonyl (C=O) groups excluding carboxylic acids is 1. The van der Waals surface area contributed by atoms with Crippen molar-refractivity contribution in [2.75, 3.05) is 0 Å². The molecule has 86 valence electrons. The van der Waals surface area contributed by atoms with Crippen molar-refractivity contribution in [3.05, 3.63) is 57.8 Å². The van der Waals surface area contributed by atoms with E-state index in [1.54, 1.807) is 11.3 Å². The highest BCUT2D eigenvalue weighted by Crippen LogP contribution is 2.49. The van der Waals surface area contributed by atoms with Crippen LogP contribution in [-0.4, -0.2) is 5.78 Å². The van der Waals surface area contributed by atoms with Gasteiger partial charge in [0.1, 0.15) is 0 Å². The highest BCUT2D eigenvalue weighted by atomic mass is 32.1. The Kier molecular flexibility index (Phi) is 2.60. The summed E-state index contributed by atoms with van der Waals surface area (Å²) in [6.45, 7) is 2.03. The van der Waals surface area contributed by atoms with E-state index < -0.39 is 0 Å². The predicted octanol–water partition coefficient (Wildman–Crippen LogP) is 4.04. The molecule has 1 fully saturated rings. The number of ketones is 1. The standard InChI is InChI=1S/C15H14OS/c1-10-12(7-8-17-10)15(16)14-9-13(14)11-5-3-2-4-6-11/h2-8,13-14H,9H2,1H3. The summed E-state index contributed by atoms with van der Waals surface area (Å²) in [4.78, 5) is 13.4. The Morgan fingerprint density at radius 3 is 2.65 bits per heavy atom. The minimum absolute atomic E-state index is 0.214. The van der Waals surface area contributed by atoms with Gasteiger partial charge in [0.25, 0.3) is 0 Å². The molecule has 0 saturated heterocycles. The Bertz CT molecular complexity index is 541. The molecule has 0 N–H and O–H groups in total. The van der Waals surface area contributed by atoms with E-state index in [1.165, 1.54) is 5.56 Å². The first-order valence-corrected chi connectivity index (χ1v) is 6.78. The van der Waals surface area contributed by atoms with Gasteiger partial charge in [-0.25, -0.2) is 0 Å². The maximum absolute atomic E-state index is 12.3. The lowest BCUT2D eigenvalue weighted by molar-refractivity contribution is 0.0965. The molecule has 1 aromatic heterocycles. The summed E-state index contributed by atoms with van der Waals surface area (Å²) in [6, 6.07) is 12.3. The van der Waals surface area contributed by atoms with Gasteiger partial charge in [-0.15, -0.1) is 11.3 Å². The Morgan fingerprint density at radius 2 is 2.00 bits per heavy atom. The number of hydrogen-bond donors (Lipinski definition) is 0. The van der Waals surface area contributed by atoms with Crippen molar-refractivity contribution in [1.82, 2.24) is 0 Å². The van der Waals surface area contributed by atoms with E-state index in [1.807, 2.05) is 36.6 Å². The van der Waals surface area contributed by atoms with Crippen LogP contribution in [0.5, 0.6) is 0 Å². The maximum atomic E-state index is 12.3. The number of benzene rings is 1. The lowest BCUT2D eigenvalue weighted by atomic mass is 10.0. The number of rotatable bonds is 3. The predicted molar refractivity (Wildman–Crippen MR) is 70.7 cm³/mol. The van der Waals surface area contributed by atoms with Crippen LogP contribution in [0.15, 0.2) is 41.8 Å². The highest BCUT2D eigenvalue weighted by Gasteiger charge is 2.44. The van der Waals surface area contributed by atoms with Crippen LogP contribution < -0.4 is 0 Å². The van der Waals surface area contributed by atoms with Crippen molar-refractivity contribution in [2.45, 2.75) is 19.3 Å². The molecule has 1 saturated carbocycles. The molecule has 1 aromatic carbocycles. The van der Waals surface area contributed by atoms with Crippen LogP contribution in [0, 0.1) is 12.8 Å². The summed E-state index contributed by atoms with van der Waals surface area (Å²) in [7, 11) is 0. The van der Waals surface area contributed by atoms with Crippen LogP contribution in [0.4, 0.5) is 0 Å². The van der Waals surface area contributed by atoms with Gasteiger partial charge < -0.3 is 0 Å². The van der Waals surface area contributed by atoms with Gasteiger partial charge in [0, 0.05) is 16.4 Å². The highest BCUT2D eigenvalue weighted by molar-refractivity contribution is 7.10. The number of aryl methyl sites for hydroxylation is 1. The van der Waals surface area contributed by atoms with Gasteiger partial charge in [-0.05, 0) is 36.3 Å². The van der Waals surface area contributed by atoms with Crippen molar-refractivity contribution >= 4 is 17.1 Å². The Morgan fingerprint density at radius 1 is 1.24 bits per heavy atom. The first kappa shape index (κ1) is 10.7. The average molecular weight is 242 g/mol. The quantitative estimate of drug-likeness (QED) is 0.742. The molecule has 1 heterocycles. The maximum Gasteiger partial charge on any atom is 0.167 e. The third-order valence-electron chi connectivity index (χ3n) is 3.48. The summed E-state index contributed by atoms with van der Waals surface area (Å²) in [5, 5.41) is 2.00. The van der Waals surface area contributed by atoms with E-state index >= 15 is 0 Å². The van der Waals surface area contributed by atoms with Crippen molar-refractivity contribution in [3.8, 4) is 0 Å². The minimum Gasteiger partial charge on any atom is -0.294 e. The molecule has 0 bridgehead atoms. The number of thiophene rings is 1. The molecule has 0 spiro atoms. The first-order chi connectivity index (χ1) is 8.27. The number of Topliss-reactive ketones (excluding diaryl/α,β-unsaturated/α-hetero) is 1. The first-order valence-electron chi connectivity index (χ1n) is 5.90. The zero-order chi connectivity index (χ0) is 11.8. The van der Waals surface area contributed by atoms with Crippen LogP contribution in [0.2, 0.25) is 0 Å². The normalized spacial score (nSPS) is 22.4. The van der Waals surface area contributed by atoms with Gasteiger partial charge in [-0.2, -0.15) is 0 Å². The van der Waals surface area contributed by atoms with Crippen LogP contribution in [-0.2, 0) is 0 Å². The third kappa shape index (κ3) is 1.93. The largest absolute Gasteiger partial charge is 0.294 e.